The van der Waals surface area contributed by atoms with Gasteiger partial charge in [0.2, 0.25) is 0 Å². The fourth-order valence-corrected chi connectivity index (χ4v) is 6.12. The third-order valence-electron chi connectivity index (χ3n) is 9.17. The zero-order chi connectivity index (χ0) is 28.9. The molecule has 0 bridgehead atoms. The highest BCUT2D eigenvalue weighted by molar-refractivity contribution is 5.89. The third-order valence-corrected chi connectivity index (χ3v) is 9.17. The molecule has 2 heterocycles. The van der Waals surface area contributed by atoms with Crippen LogP contribution >= 0.6 is 0 Å². The Balaban J connectivity index is 1.35. The first-order valence-corrected chi connectivity index (χ1v) is 14.4. The molecule has 0 saturated heterocycles. The number of rotatable bonds is 4. The first kappa shape index (κ1) is 26.0. The van der Waals surface area contributed by atoms with Crippen molar-refractivity contribution in [1.82, 2.24) is 19.9 Å². The molecule has 0 unspecified atom stereocenters. The number of aromatic nitrogens is 4. The molecular weight excluding hydrogens is 512 g/mol. The number of pyridine rings is 1. The Bertz CT molecular complexity index is 1850. The monoisotopic (exact) mass is 544 g/mol. The van der Waals surface area contributed by atoms with E-state index in [1.165, 1.54) is 22.3 Å². The standard InChI is InChI=1S/C38H32N4/c1-37(2)30-20-12-11-18-28(30)33-29(19-13-21-31(33)38(37,3)4)32-23-22-27(24-39-32)36-41-34(25-14-7-5-8-15-25)40-35(42-36)26-16-9-6-10-17-26/h5-24H,1-4H3. The average Bonchev–Trinajstić information content (AvgIpc) is 3.04. The predicted octanol–water partition coefficient (Wildman–Crippen LogP) is 9.17. The van der Waals surface area contributed by atoms with Crippen molar-refractivity contribution in [3.8, 4) is 56.5 Å². The summed E-state index contributed by atoms with van der Waals surface area (Å²) in [6.45, 7) is 9.43. The van der Waals surface area contributed by atoms with Gasteiger partial charge in [0.1, 0.15) is 0 Å². The summed E-state index contributed by atoms with van der Waals surface area (Å²) in [5.74, 6) is 1.88. The Hall–Kier alpha value is -4.96. The SMILES string of the molecule is CC1(C)c2ccccc2-c2c(-c3ccc(-c4nc(-c5ccccc5)nc(-c5ccccc5)n4)cn3)cccc2C1(C)C. The molecule has 0 atom stereocenters. The highest BCUT2D eigenvalue weighted by atomic mass is 15.0. The van der Waals surface area contributed by atoms with E-state index < -0.39 is 0 Å². The van der Waals surface area contributed by atoms with Gasteiger partial charge in [0, 0.05) is 28.5 Å². The maximum atomic E-state index is 4.99. The van der Waals surface area contributed by atoms with Crippen LogP contribution in [0, 0.1) is 0 Å². The Labute approximate surface area is 247 Å². The van der Waals surface area contributed by atoms with Gasteiger partial charge in [-0.15, -0.1) is 0 Å². The van der Waals surface area contributed by atoms with Gasteiger partial charge in [0.05, 0.1) is 5.69 Å². The van der Waals surface area contributed by atoms with E-state index in [1.807, 2.05) is 66.9 Å². The van der Waals surface area contributed by atoms with Crippen LogP contribution in [-0.2, 0) is 10.8 Å². The number of nitrogens with zero attached hydrogens (tertiary/aromatic N) is 4. The first-order chi connectivity index (χ1) is 20.3. The van der Waals surface area contributed by atoms with E-state index in [4.69, 9.17) is 19.9 Å². The van der Waals surface area contributed by atoms with Crippen LogP contribution in [0.1, 0.15) is 38.8 Å². The van der Waals surface area contributed by atoms with Crippen LogP contribution in [0.3, 0.4) is 0 Å². The van der Waals surface area contributed by atoms with E-state index in [0.29, 0.717) is 17.5 Å². The molecule has 0 aliphatic heterocycles. The molecule has 1 aliphatic carbocycles. The molecule has 2 aromatic heterocycles. The summed E-state index contributed by atoms with van der Waals surface area (Å²) in [4.78, 5) is 19.6. The quantitative estimate of drug-likeness (QED) is 0.222. The average molecular weight is 545 g/mol. The van der Waals surface area contributed by atoms with Crippen molar-refractivity contribution >= 4 is 0 Å². The molecule has 0 fully saturated rings. The van der Waals surface area contributed by atoms with E-state index in [2.05, 4.69) is 82.3 Å². The van der Waals surface area contributed by atoms with Gasteiger partial charge in [-0.05, 0) is 45.2 Å². The lowest BCUT2D eigenvalue weighted by atomic mass is 9.55. The minimum atomic E-state index is -0.0564. The van der Waals surface area contributed by atoms with Gasteiger partial charge >= 0.3 is 0 Å². The summed E-state index contributed by atoms with van der Waals surface area (Å²) in [7, 11) is 0. The molecule has 6 aromatic rings. The molecule has 1 aliphatic rings. The summed E-state index contributed by atoms with van der Waals surface area (Å²) in [6.07, 6.45) is 1.89. The number of benzene rings is 4. The van der Waals surface area contributed by atoms with Crippen molar-refractivity contribution in [2.45, 2.75) is 38.5 Å². The van der Waals surface area contributed by atoms with Gasteiger partial charge in [-0.3, -0.25) is 4.98 Å². The Morgan fingerprint density at radius 1 is 0.429 bits per heavy atom. The fourth-order valence-electron chi connectivity index (χ4n) is 6.12. The van der Waals surface area contributed by atoms with Gasteiger partial charge in [0.15, 0.2) is 17.5 Å². The summed E-state index contributed by atoms with van der Waals surface area (Å²) in [6, 6.07) is 39.7. The molecular formula is C38H32N4. The van der Waals surface area contributed by atoms with Crippen LogP contribution in [0.2, 0.25) is 0 Å². The largest absolute Gasteiger partial charge is 0.255 e. The molecule has 4 heteroatoms. The van der Waals surface area contributed by atoms with Gasteiger partial charge in [-0.1, -0.05) is 131 Å². The molecule has 0 amide bonds. The van der Waals surface area contributed by atoms with Crippen LogP contribution in [0.15, 0.2) is 121 Å². The van der Waals surface area contributed by atoms with E-state index in [9.17, 15) is 0 Å². The predicted molar refractivity (Wildman–Crippen MR) is 171 cm³/mol. The highest BCUT2D eigenvalue weighted by Crippen LogP contribution is 2.55. The molecule has 42 heavy (non-hydrogen) atoms. The van der Waals surface area contributed by atoms with Crippen LogP contribution in [0.5, 0.6) is 0 Å². The fraction of sp³-hybridized carbons (Fsp3) is 0.158. The maximum absolute atomic E-state index is 4.99. The summed E-state index contributed by atoms with van der Waals surface area (Å²) in [5.41, 5.74) is 10.0. The summed E-state index contributed by atoms with van der Waals surface area (Å²) >= 11 is 0. The Morgan fingerprint density at radius 3 is 1.52 bits per heavy atom. The lowest BCUT2D eigenvalue weighted by molar-refractivity contribution is 0.299. The number of hydrogen-bond acceptors (Lipinski definition) is 4. The lowest BCUT2D eigenvalue weighted by Gasteiger charge is -2.48. The van der Waals surface area contributed by atoms with Crippen molar-refractivity contribution in [3.05, 3.63) is 133 Å². The van der Waals surface area contributed by atoms with E-state index in [-0.39, 0.29) is 10.8 Å². The Morgan fingerprint density at radius 2 is 0.929 bits per heavy atom. The molecule has 4 nitrogen and oxygen atoms in total. The number of fused-ring (bicyclic) bond motifs is 3. The van der Waals surface area contributed by atoms with Gasteiger partial charge < -0.3 is 0 Å². The smallest absolute Gasteiger partial charge is 0.165 e. The zero-order valence-corrected chi connectivity index (χ0v) is 24.3. The highest BCUT2D eigenvalue weighted by Gasteiger charge is 2.46. The van der Waals surface area contributed by atoms with Crippen molar-refractivity contribution in [1.29, 1.82) is 0 Å². The van der Waals surface area contributed by atoms with Crippen LogP contribution < -0.4 is 0 Å². The molecule has 4 aromatic carbocycles. The van der Waals surface area contributed by atoms with E-state index in [0.717, 1.165) is 27.9 Å². The minimum absolute atomic E-state index is 0.0158. The van der Waals surface area contributed by atoms with Crippen LogP contribution in [-0.4, -0.2) is 19.9 Å². The molecule has 0 spiro atoms. The Kier molecular flexibility index (Phi) is 6.09. The molecule has 0 N–H and O–H groups in total. The molecule has 0 radical (unpaired) electrons. The summed E-state index contributed by atoms with van der Waals surface area (Å²) < 4.78 is 0. The topological polar surface area (TPSA) is 51.6 Å². The number of hydrogen-bond donors (Lipinski definition) is 0. The lowest BCUT2D eigenvalue weighted by Crippen LogP contribution is -2.43. The van der Waals surface area contributed by atoms with Gasteiger partial charge in [-0.25, -0.2) is 15.0 Å². The second kappa shape index (κ2) is 9.85. The molecule has 204 valence electrons. The van der Waals surface area contributed by atoms with E-state index in [1.54, 1.807) is 0 Å². The van der Waals surface area contributed by atoms with Crippen LogP contribution in [0.4, 0.5) is 0 Å². The van der Waals surface area contributed by atoms with Crippen molar-refractivity contribution < 1.29 is 0 Å². The normalized spacial score (nSPS) is 14.6. The third kappa shape index (κ3) is 4.14. The summed E-state index contributed by atoms with van der Waals surface area (Å²) in [5, 5.41) is 0. The van der Waals surface area contributed by atoms with Crippen LogP contribution in [0.25, 0.3) is 56.5 Å². The van der Waals surface area contributed by atoms with Crippen molar-refractivity contribution in [2.24, 2.45) is 0 Å². The second-order valence-electron chi connectivity index (χ2n) is 12.0. The molecule has 0 saturated carbocycles. The second-order valence-corrected chi connectivity index (χ2v) is 12.0. The van der Waals surface area contributed by atoms with Gasteiger partial charge in [0.25, 0.3) is 0 Å². The first-order valence-electron chi connectivity index (χ1n) is 14.4. The van der Waals surface area contributed by atoms with E-state index >= 15 is 0 Å². The zero-order valence-electron chi connectivity index (χ0n) is 24.3. The van der Waals surface area contributed by atoms with Gasteiger partial charge in [-0.2, -0.15) is 0 Å². The maximum Gasteiger partial charge on any atom is 0.165 e. The van der Waals surface area contributed by atoms with Crippen molar-refractivity contribution in [3.63, 3.8) is 0 Å². The van der Waals surface area contributed by atoms with Crippen molar-refractivity contribution in [2.75, 3.05) is 0 Å². The minimum Gasteiger partial charge on any atom is -0.255 e. The molecule has 7 rings (SSSR count).